The Bertz CT molecular complexity index is 378. The topological polar surface area (TPSA) is 41.8 Å². The van der Waals surface area contributed by atoms with Gasteiger partial charge < -0.3 is 10.7 Å². The zero-order valence-electron chi connectivity index (χ0n) is 8.69. The molecule has 2 nitrogen and oxygen atoms in total. The van der Waals surface area contributed by atoms with Gasteiger partial charge in [0, 0.05) is 18.3 Å². The van der Waals surface area contributed by atoms with Crippen LogP contribution in [-0.4, -0.2) is 11.5 Å². The van der Waals surface area contributed by atoms with Crippen molar-refractivity contribution in [2.75, 3.05) is 6.54 Å². The van der Waals surface area contributed by atoms with Crippen molar-refractivity contribution < 1.29 is 0 Å². The van der Waals surface area contributed by atoms with E-state index in [1.807, 2.05) is 18.5 Å². The van der Waals surface area contributed by atoms with E-state index in [2.05, 4.69) is 35.3 Å². The second-order valence-electron chi connectivity index (χ2n) is 3.68. The molecule has 0 saturated heterocycles. The van der Waals surface area contributed by atoms with Crippen molar-refractivity contribution in [1.29, 1.82) is 0 Å². The lowest BCUT2D eigenvalue weighted by molar-refractivity contribution is 0.727. The van der Waals surface area contributed by atoms with Crippen LogP contribution in [0.25, 0.3) is 0 Å². The molecule has 1 aromatic carbocycles. The van der Waals surface area contributed by atoms with Crippen molar-refractivity contribution in [3.8, 4) is 0 Å². The molecule has 0 aliphatic rings. The van der Waals surface area contributed by atoms with Gasteiger partial charge >= 0.3 is 0 Å². The highest BCUT2D eigenvalue weighted by Gasteiger charge is 2.12. The van der Waals surface area contributed by atoms with E-state index in [9.17, 15) is 0 Å². The number of rotatable bonds is 4. The Balaban J connectivity index is 2.28. The van der Waals surface area contributed by atoms with Gasteiger partial charge in [0.1, 0.15) is 0 Å². The van der Waals surface area contributed by atoms with Crippen LogP contribution in [-0.2, 0) is 0 Å². The zero-order valence-corrected chi connectivity index (χ0v) is 8.69. The van der Waals surface area contributed by atoms with Crippen molar-refractivity contribution in [2.45, 2.75) is 12.3 Å². The first kappa shape index (κ1) is 9.99. The van der Waals surface area contributed by atoms with Gasteiger partial charge in [-0.3, -0.25) is 0 Å². The zero-order chi connectivity index (χ0) is 10.5. The quantitative estimate of drug-likeness (QED) is 0.782. The minimum Gasteiger partial charge on any atom is -0.367 e. The summed E-state index contributed by atoms with van der Waals surface area (Å²) in [7, 11) is 0. The second-order valence-corrected chi connectivity index (χ2v) is 3.68. The Labute approximate surface area is 90.1 Å². The molecule has 0 aliphatic carbocycles. The number of H-pyrrole nitrogens is 1. The number of benzene rings is 1. The number of aromatic amines is 1. The standard InChI is InChI=1S/C13H16N2/c14-8-6-13(12-7-9-15-10-12)11-4-2-1-3-5-11/h1-5,7,9-10,13,15H,6,8,14H2. The van der Waals surface area contributed by atoms with E-state index in [0.29, 0.717) is 12.5 Å². The molecule has 1 unspecified atom stereocenters. The molecule has 2 heteroatoms. The van der Waals surface area contributed by atoms with Gasteiger partial charge in [0.05, 0.1) is 0 Å². The second kappa shape index (κ2) is 4.80. The van der Waals surface area contributed by atoms with Crippen LogP contribution in [0.3, 0.4) is 0 Å². The van der Waals surface area contributed by atoms with Crippen LogP contribution >= 0.6 is 0 Å². The van der Waals surface area contributed by atoms with Gasteiger partial charge in [-0.05, 0) is 30.2 Å². The van der Waals surface area contributed by atoms with Gasteiger partial charge in [0.25, 0.3) is 0 Å². The molecule has 1 atom stereocenters. The average molecular weight is 200 g/mol. The lowest BCUT2D eigenvalue weighted by Crippen LogP contribution is -2.08. The third-order valence-corrected chi connectivity index (χ3v) is 2.68. The van der Waals surface area contributed by atoms with Crippen molar-refractivity contribution in [2.24, 2.45) is 5.73 Å². The normalized spacial score (nSPS) is 12.6. The largest absolute Gasteiger partial charge is 0.367 e. The highest BCUT2D eigenvalue weighted by Crippen LogP contribution is 2.26. The van der Waals surface area contributed by atoms with Gasteiger partial charge in [-0.15, -0.1) is 0 Å². The number of aromatic nitrogens is 1. The maximum absolute atomic E-state index is 5.66. The molecule has 2 rings (SSSR count). The van der Waals surface area contributed by atoms with Crippen LogP contribution in [0.5, 0.6) is 0 Å². The van der Waals surface area contributed by atoms with Crippen LogP contribution in [0, 0.1) is 0 Å². The van der Waals surface area contributed by atoms with Crippen LogP contribution in [0.15, 0.2) is 48.8 Å². The minimum atomic E-state index is 0.419. The van der Waals surface area contributed by atoms with Crippen molar-refractivity contribution in [1.82, 2.24) is 4.98 Å². The Kier molecular flexibility index (Phi) is 3.20. The number of hydrogen-bond donors (Lipinski definition) is 2. The fourth-order valence-electron chi connectivity index (χ4n) is 1.93. The van der Waals surface area contributed by atoms with Gasteiger partial charge in [-0.25, -0.2) is 0 Å². The van der Waals surface area contributed by atoms with Crippen LogP contribution in [0.1, 0.15) is 23.5 Å². The lowest BCUT2D eigenvalue weighted by Gasteiger charge is -2.14. The van der Waals surface area contributed by atoms with Gasteiger partial charge in [0.2, 0.25) is 0 Å². The Morgan fingerprint density at radius 1 is 1.07 bits per heavy atom. The summed E-state index contributed by atoms with van der Waals surface area (Å²) in [6.07, 6.45) is 5.00. The molecule has 0 fully saturated rings. The first-order valence-corrected chi connectivity index (χ1v) is 5.29. The monoisotopic (exact) mass is 200 g/mol. The third-order valence-electron chi connectivity index (χ3n) is 2.68. The highest BCUT2D eigenvalue weighted by molar-refractivity contribution is 5.30. The summed E-state index contributed by atoms with van der Waals surface area (Å²) in [6, 6.07) is 12.6. The van der Waals surface area contributed by atoms with Crippen molar-refractivity contribution in [3.05, 3.63) is 59.9 Å². The van der Waals surface area contributed by atoms with E-state index < -0.39 is 0 Å². The molecular formula is C13H16N2. The average Bonchev–Trinajstić information content (AvgIpc) is 2.80. The summed E-state index contributed by atoms with van der Waals surface area (Å²) in [5, 5.41) is 0. The molecule has 0 aliphatic heterocycles. The van der Waals surface area contributed by atoms with Gasteiger partial charge in [0.15, 0.2) is 0 Å². The summed E-state index contributed by atoms with van der Waals surface area (Å²) < 4.78 is 0. The van der Waals surface area contributed by atoms with E-state index in [4.69, 9.17) is 5.73 Å². The molecule has 0 amide bonds. The molecule has 15 heavy (non-hydrogen) atoms. The minimum absolute atomic E-state index is 0.419. The summed E-state index contributed by atoms with van der Waals surface area (Å²) >= 11 is 0. The van der Waals surface area contributed by atoms with E-state index in [0.717, 1.165) is 6.42 Å². The first-order valence-electron chi connectivity index (χ1n) is 5.29. The lowest BCUT2D eigenvalue weighted by atomic mass is 9.90. The van der Waals surface area contributed by atoms with Crippen LogP contribution in [0.2, 0.25) is 0 Å². The van der Waals surface area contributed by atoms with E-state index in [1.165, 1.54) is 11.1 Å². The fourth-order valence-corrected chi connectivity index (χ4v) is 1.93. The molecule has 0 radical (unpaired) electrons. The SMILES string of the molecule is NCCC(c1ccccc1)c1cc[nH]c1. The smallest absolute Gasteiger partial charge is 0.0116 e. The maximum Gasteiger partial charge on any atom is 0.0116 e. The molecule has 3 N–H and O–H groups in total. The summed E-state index contributed by atoms with van der Waals surface area (Å²) in [4.78, 5) is 3.10. The van der Waals surface area contributed by atoms with Crippen molar-refractivity contribution in [3.63, 3.8) is 0 Å². The Hall–Kier alpha value is -1.54. The third kappa shape index (κ3) is 2.28. The molecule has 1 heterocycles. The van der Waals surface area contributed by atoms with Crippen LogP contribution < -0.4 is 5.73 Å². The van der Waals surface area contributed by atoms with Crippen molar-refractivity contribution >= 4 is 0 Å². The first-order chi connectivity index (χ1) is 7.42. The Morgan fingerprint density at radius 2 is 1.87 bits per heavy atom. The molecule has 1 aromatic heterocycles. The number of nitrogens with one attached hydrogen (secondary N) is 1. The maximum atomic E-state index is 5.66. The van der Waals surface area contributed by atoms with Crippen LogP contribution in [0.4, 0.5) is 0 Å². The molecule has 2 aromatic rings. The summed E-state index contributed by atoms with van der Waals surface area (Å²) in [6.45, 7) is 0.713. The predicted octanol–water partition coefficient (Wildman–Crippen LogP) is 2.50. The summed E-state index contributed by atoms with van der Waals surface area (Å²) in [5.41, 5.74) is 8.31. The van der Waals surface area contributed by atoms with Gasteiger partial charge in [-0.2, -0.15) is 0 Å². The summed E-state index contributed by atoms with van der Waals surface area (Å²) in [5.74, 6) is 0.419. The van der Waals surface area contributed by atoms with E-state index >= 15 is 0 Å². The van der Waals surface area contributed by atoms with E-state index in [1.54, 1.807) is 0 Å². The highest BCUT2D eigenvalue weighted by atomic mass is 14.6. The molecule has 0 spiro atoms. The molecular weight excluding hydrogens is 184 g/mol. The molecule has 0 saturated carbocycles. The molecule has 0 bridgehead atoms. The molecule has 78 valence electrons. The fraction of sp³-hybridized carbons (Fsp3) is 0.231. The number of nitrogens with two attached hydrogens (primary N) is 1. The Morgan fingerprint density at radius 3 is 2.47 bits per heavy atom. The predicted molar refractivity (Wildman–Crippen MR) is 62.7 cm³/mol. The van der Waals surface area contributed by atoms with E-state index in [-0.39, 0.29) is 0 Å². The number of hydrogen-bond acceptors (Lipinski definition) is 1. The van der Waals surface area contributed by atoms with Gasteiger partial charge in [-0.1, -0.05) is 30.3 Å².